The molecule has 0 bridgehead atoms. The molecule has 0 fully saturated rings. The fourth-order valence-corrected chi connectivity index (χ4v) is 2.88. The highest BCUT2D eigenvalue weighted by Crippen LogP contribution is 2.23. The summed E-state index contributed by atoms with van der Waals surface area (Å²) in [6, 6.07) is 22.7. The van der Waals surface area contributed by atoms with Gasteiger partial charge in [0.2, 0.25) is 5.95 Å². The summed E-state index contributed by atoms with van der Waals surface area (Å²) in [5.41, 5.74) is 3.51. The monoisotopic (exact) mass is 311 g/mol. The number of allylic oxidation sites excluding steroid dienone is 1. The van der Waals surface area contributed by atoms with Crippen LogP contribution in [0, 0.1) is 0 Å². The van der Waals surface area contributed by atoms with Gasteiger partial charge in [-0.3, -0.25) is 4.57 Å². The van der Waals surface area contributed by atoms with Crippen molar-refractivity contribution in [2.75, 3.05) is 0 Å². The summed E-state index contributed by atoms with van der Waals surface area (Å²) >= 11 is 0. The third-order valence-electron chi connectivity index (χ3n) is 3.98. The van der Waals surface area contributed by atoms with Crippen molar-refractivity contribution < 1.29 is 0 Å². The molecule has 0 amide bonds. The zero-order chi connectivity index (χ0) is 16.2. The van der Waals surface area contributed by atoms with Gasteiger partial charge in [0.15, 0.2) is 0 Å². The van der Waals surface area contributed by atoms with Gasteiger partial charge in [0.1, 0.15) is 0 Å². The van der Waals surface area contributed by atoms with Crippen LogP contribution in [-0.2, 0) is 6.42 Å². The third kappa shape index (κ3) is 2.84. The van der Waals surface area contributed by atoms with Gasteiger partial charge < -0.3 is 0 Å². The first-order chi connectivity index (χ1) is 11.9. The smallest absolute Gasteiger partial charge is 0.234 e. The van der Waals surface area contributed by atoms with Crippen LogP contribution < -0.4 is 0 Å². The van der Waals surface area contributed by atoms with Gasteiger partial charge in [-0.25, -0.2) is 9.97 Å². The Morgan fingerprint density at radius 1 is 0.833 bits per heavy atom. The van der Waals surface area contributed by atoms with E-state index in [9.17, 15) is 0 Å². The number of para-hydroxylation sites is 1. The molecule has 0 aliphatic heterocycles. The van der Waals surface area contributed by atoms with Crippen molar-refractivity contribution in [3.05, 3.63) is 96.5 Å². The second-order valence-corrected chi connectivity index (χ2v) is 5.60. The molecule has 0 aliphatic carbocycles. The van der Waals surface area contributed by atoms with E-state index in [2.05, 4.69) is 75.2 Å². The Kier molecular flexibility index (Phi) is 3.90. The second kappa shape index (κ2) is 6.50. The van der Waals surface area contributed by atoms with Gasteiger partial charge in [0.05, 0.1) is 5.52 Å². The maximum absolute atomic E-state index is 4.43. The van der Waals surface area contributed by atoms with Crippen LogP contribution in [0.25, 0.3) is 22.9 Å². The van der Waals surface area contributed by atoms with Gasteiger partial charge >= 0.3 is 0 Å². The van der Waals surface area contributed by atoms with E-state index >= 15 is 0 Å². The van der Waals surface area contributed by atoms with Gasteiger partial charge in [0, 0.05) is 29.9 Å². The van der Waals surface area contributed by atoms with Crippen molar-refractivity contribution >= 4 is 17.0 Å². The lowest BCUT2D eigenvalue weighted by Gasteiger charge is -2.07. The normalized spacial score (nSPS) is 11.3. The van der Waals surface area contributed by atoms with Crippen molar-refractivity contribution in [3.63, 3.8) is 0 Å². The van der Waals surface area contributed by atoms with E-state index < -0.39 is 0 Å². The number of hydrogen-bond acceptors (Lipinski definition) is 2. The summed E-state index contributed by atoms with van der Waals surface area (Å²) in [6.45, 7) is 0. The first kappa shape index (κ1) is 14.4. The molecule has 116 valence electrons. The van der Waals surface area contributed by atoms with Crippen molar-refractivity contribution in [2.24, 2.45) is 0 Å². The molecule has 24 heavy (non-hydrogen) atoms. The Hall–Kier alpha value is -3.20. The van der Waals surface area contributed by atoms with Crippen LogP contribution in [0.3, 0.4) is 0 Å². The average Bonchev–Trinajstić information content (AvgIpc) is 3.01. The molecule has 2 heterocycles. The SMILES string of the molecule is C(=C\c1ccccc1)/Cc1cc2ccccc2n1-c1ncccn1. The molecule has 0 atom stereocenters. The Morgan fingerprint density at radius 2 is 1.58 bits per heavy atom. The number of nitrogens with zero attached hydrogens (tertiary/aromatic N) is 3. The van der Waals surface area contributed by atoms with Crippen LogP contribution in [0.15, 0.2) is 85.2 Å². The summed E-state index contributed by atoms with van der Waals surface area (Å²) in [6.07, 6.45) is 8.71. The fourth-order valence-electron chi connectivity index (χ4n) is 2.88. The zero-order valence-corrected chi connectivity index (χ0v) is 13.2. The van der Waals surface area contributed by atoms with Crippen LogP contribution in [0.2, 0.25) is 0 Å². The van der Waals surface area contributed by atoms with Crippen LogP contribution in [0.5, 0.6) is 0 Å². The molecule has 2 aromatic carbocycles. The second-order valence-electron chi connectivity index (χ2n) is 5.60. The van der Waals surface area contributed by atoms with Gasteiger partial charge in [-0.15, -0.1) is 0 Å². The van der Waals surface area contributed by atoms with Gasteiger partial charge in [0.25, 0.3) is 0 Å². The molecule has 2 aromatic heterocycles. The molecule has 0 saturated heterocycles. The minimum absolute atomic E-state index is 0.710. The lowest BCUT2D eigenvalue weighted by molar-refractivity contribution is 0.907. The van der Waals surface area contributed by atoms with E-state index in [1.165, 1.54) is 16.6 Å². The van der Waals surface area contributed by atoms with Crippen molar-refractivity contribution in [1.29, 1.82) is 0 Å². The molecule has 0 unspecified atom stereocenters. The molecule has 0 N–H and O–H groups in total. The molecule has 0 aliphatic rings. The molecule has 4 aromatic rings. The van der Waals surface area contributed by atoms with E-state index in [0.717, 1.165) is 11.9 Å². The number of hydrogen-bond donors (Lipinski definition) is 0. The zero-order valence-electron chi connectivity index (χ0n) is 13.2. The predicted octanol–water partition coefficient (Wildman–Crippen LogP) is 4.68. The summed E-state index contributed by atoms with van der Waals surface area (Å²) in [7, 11) is 0. The lowest BCUT2D eigenvalue weighted by Crippen LogP contribution is -2.03. The first-order valence-corrected chi connectivity index (χ1v) is 8.00. The van der Waals surface area contributed by atoms with E-state index in [-0.39, 0.29) is 0 Å². The summed E-state index contributed by atoms with van der Waals surface area (Å²) in [5, 5.41) is 1.20. The van der Waals surface area contributed by atoms with Crippen molar-refractivity contribution in [1.82, 2.24) is 14.5 Å². The van der Waals surface area contributed by atoms with Crippen LogP contribution in [0.1, 0.15) is 11.3 Å². The summed E-state index contributed by atoms with van der Waals surface area (Å²) < 4.78 is 2.13. The van der Waals surface area contributed by atoms with Crippen LogP contribution >= 0.6 is 0 Å². The molecule has 3 nitrogen and oxygen atoms in total. The topological polar surface area (TPSA) is 30.7 Å². The molecule has 4 rings (SSSR count). The lowest BCUT2D eigenvalue weighted by atomic mass is 10.2. The highest BCUT2D eigenvalue weighted by atomic mass is 15.1. The highest BCUT2D eigenvalue weighted by Gasteiger charge is 2.10. The predicted molar refractivity (Wildman–Crippen MR) is 98.0 cm³/mol. The quantitative estimate of drug-likeness (QED) is 0.548. The Bertz CT molecular complexity index is 970. The summed E-state index contributed by atoms with van der Waals surface area (Å²) in [4.78, 5) is 8.85. The third-order valence-corrected chi connectivity index (χ3v) is 3.98. The standard InChI is InChI=1S/C21H17N3/c1-2-8-17(9-3-1)10-6-12-19-16-18-11-4-5-13-20(18)24(19)21-22-14-7-15-23-21/h1-11,13-16H,12H2/b10-6+. The highest BCUT2D eigenvalue weighted by molar-refractivity contribution is 5.82. The van der Waals surface area contributed by atoms with Crippen molar-refractivity contribution in [3.8, 4) is 5.95 Å². The van der Waals surface area contributed by atoms with E-state index in [1.807, 2.05) is 18.2 Å². The molecular formula is C21H17N3. The number of benzene rings is 2. The fraction of sp³-hybridized carbons (Fsp3) is 0.0476. The Labute approximate surface area is 140 Å². The number of fused-ring (bicyclic) bond motifs is 1. The molecule has 0 spiro atoms. The van der Waals surface area contributed by atoms with Gasteiger partial charge in [-0.2, -0.15) is 0 Å². The molecule has 3 heteroatoms. The minimum Gasteiger partial charge on any atom is -0.282 e. The average molecular weight is 311 g/mol. The Balaban J connectivity index is 1.74. The van der Waals surface area contributed by atoms with Gasteiger partial charge in [-0.1, -0.05) is 60.7 Å². The van der Waals surface area contributed by atoms with Crippen LogP contribution in [0.4, 0.5) is 0 Å². The number of rotatable bonds is 4. The van der Waals surface area contributed by atoms with Gasteiger partial charge in [-0.05, 0) is 23.8 Å². The van der Waals surface area contributed by atoms with Crippen molar-refractivity contribution in [2.45, 2.75) is 6.42 Å². The first-order valence-electron chi connectivity index (χ1n) is 8.00. The van der Waals surface area contributed by atoms with E-state index in [0.29, 0.717) is 5.95 Å². The van der Waals surface area contributed by atoms with Crippen LogP contribution in [-0.4, -0.2) is 14.5 Å². The molecule has 0 saturated carbocycles. The van der Waals surface area contributed by atoms with E-state index in [4.69, 9.17) is 0 Å². The molecule has 0 radical (unpaired) electrons. The largest absolute Gasteiger partial charge is 0.282 e. The number of aromatic nitrogens is 3. The maximum Gasteiger partial charge on any atom is 0.234 e. The maximum atomic E-state index is 4.43. The Morgan fingerprint density at radius 3 is 2.42 bits per heavy atom. The molecular weight excluding hydrogens is 294 g/mol. The minimum atomic E-state index is 0.710. The summed E-state index contributed by atoms with van der Waals surface area (Å²) in [5.74, 6) is 0.710. The van der Waals surface area contributed by atoms with E-state index in [1.54, 1.807) is 12.4 Å².